The van der Waals surface area contributed by atoms with Gasteiger partial charge in [0.15, 0.2) is 0 Å². The van der Waals surface area contributed by atoms with Gasteiger partial charge in [-0.05, 0) is 35.4 Å². The first kappa shape index (κ1) is 21.2. The van der Waals surface area contributed by atoms with E-state index in [-0.39, 0.29) is 11.7 Å². The Hall–Kier alpha value is -4.06. The molecule has 1 aromatic heterocycles. The SMILES string of the molecule is O=C(/C=C/c1cccc2cccnc12)NC(c1ccccc1)c1ccc(OC(F)F)cc1. The van der Waals surface area contributed by atoms with Crippen LogP contribution in [0.5, 0.6) is 5.75 Å². The minimum absolute atomic E-state index is 0.0604. The molecule has 4 aromatic rings. The molecular weight excluding hydrogens is 410 g/mol. The molecule has 160 valence electrons. The third kappa shape index (κ3) is 5.16. The molecule has 0 fully saturated rings. The van der Waals surface area contributed by atoms with Crippen LogP contribution in [-0.4, -0.2) is 17.5 Å². The summed E-state index contributed by atoms with van der Waals surface area (Å²) in [7, 11) is 0. The van der Waals surface area contributed by atoms with E-state index in [1.54, 1.807) is 24.4 Å². The lowest BCUT2D eigenvalue weighted by molar-refractivity contribution is -0.116. The zero-order chi connectivity index (χ0) is 22.3. The molecule has 0 radical (unpaired) electrons. The molecule has 0 saturated heterocycles. The fraction of sp³-hybridized carbons (Fsp3) is 0.0769. The molecule has 1 atom stereocenters. The molecule has 0 saturated carbocycles. The van der Waals surface area contributed by atoms with Crippen molar-refractivity contribution in [3.05, 3.63) is 114 Å². The van der Waals surface area contributed by atoms with Crippen LogP contribution in [0.3, 0.4) is 0 Å². The van der Waals surface area contributed by atoms with E-state index in [1.807, 2.05) is 60.7 Å². The molecule has 0 aliphatic rings. The van der Waals surface area contributed by atoms with E-state index in [0.29, 0.717) is 0 Å². The number of hydrogen-bond donors (Lipinski definition) is 1. The highest BCUT2D eigenvalue weighted by Gasteiger charge is 2.16. The Balaban J connectivity index is 1.57. The molecule has 1 heterocycles. The van der Waals surface area contributed by atoms with Crippen molar-refractivity contribution >= 4 is 22.9 Å². The summed E-state index contributed by atoms with van der Waals surface area (Å²) in [6.07, 6.45) is 4.91. The largest absolute Gasteiger partial charge is 0.435 e. The van der Waals surface area contributed by atoms with Crippen molar-refractivity contribution in [1.82, 2.24) is 10.3 Å². The fourth-order valence-electron chi connectivity index (χ4n) is 3.46. The number of alkyl halides is 2. The van der Waals surface area contributed by atoms with Crippen molar-refractivity contribution in [1.29, 1.82) is 0 Å². The van der Waals surface area contributed by atoms with Crippen molar-refractivity contribution in [2.24, 2.45) is 0 Å². The van der Waals surface area contributed by atoms with Gasteiger partial charge < -0.3 is 10.1 Å². The maximum Gasteiger partial charge on any atom is 0.387 e. The van der Waals surface area contributed by atoms with E-state index in [1.165, 1.54) is 18.2 Å². The van der Waals surface area contributed by atoms with Gasteiger partial charge in [-0.1, -0.05) is 66.7 Å². The molecule has 4 nitrogen and oxygen atoms in total. The zero-order valence-corrected chi connectivity index (χ0v) is 17.0. The van der Waals surface area contributed by atoms with E-state index >= 15 is 0 Å². The number of fused-ring (bicyclic) bond motifs is 1. The van der Waals surface area contributed by atoms with E-state index in [4.69, 9.17) is 0 Å². The fourth-order valence-corrected chi connectivity index (χ4v) is 3.46. The van der Waals surface area contributed by atoms with Gasteiger partial charge in [0.2, 0.25) is 5.91 Å². The van der Waals surface area contributed by atoms with Crippen LogP contribution in [-0.2, 0) is 4.79 Å². The summed E-state index contributed by atoms with van der Waals surface area (Å²) in [5, 5.41) is 3.98. The molecule has 1 unspecified atom stereocenters. The van der Waals surface area contributed by atoms with Crippen LogP contribution in [0.15, 0.2) is 97.2 Å². The summed E-state index contributed by atoms with van der Waals surface area (Å²) in [6.45, 7) is -2.89. The van der Waals surface area contributed by atoms with Crippen molar-refractivity contribution in [3.8, 4) is 5.75 Å². The van der Waals surface area contributed by atoms with E-state index in [2.05, 4.69) is 15.0 Å². The van der Waals surface area contributed by atoms with Crippen LogP contribution in [0.2, 0.25) is 0 Å². The monoisotopic (exact) mass is 430 g/mol. The molecule has 32 heavy (non-hydrogen) atoms. The molecular formula is C26H20F2N2O2. The minimum atomic E-state index is -2.89. The highest BCUT2D eigenvalue weighted by Crippen LogP contribution is 2.25. The van der Waals surface area contributed by atoms with Crippen LogP contribution in [0.25, 0.3) is 17.0 Å². The quantitative estimate of drug-likeness (QED) is 0.380. The van der Waals surface area contributed by atoms with E-state index in [0.717, 1.165) is 27.6 Å². The van der Waals surface area contributed by atoms with Crippen molar-refractivity contribution in [2.75, 3.05) is 0 Å². The lowest BCUT2D eigenvalue weighted by atomic mass is 9.98. The van der Waals surface area contributed by atoms with Crippen molar-refractivity contribution < 1.29 is 18.3 Å². The molecule has 0 spiro atoms. The number of pyridine rings is 1. The number of aromatic nitrogens is 1. The zero-order valence-electron chi connectivity index (χ0n) is 17.0. The Morgan fingerprint density at radius 1 is 0.875 bits per heavy atom. The predicted molar refractivity (Wildman–Crippen MR) is 120 cm³/mol. The lowest BCUT2D eigenvalue weighted by Crippen LogP contribution is -2.27. The van der Waals surface area contributed by atoms with Gasteiger partial charge in [0.05, 0.1) is 11.6 Å². The van der Waals surface area contributed by atoms with E-state index < -0.39 is 12.7 Å². The normalized spacial score (nSPS) is 12.2. The highest BCUT2D eigenvalue weighted by molar-refractivity contribution is 5.95. The number of hydrogen-bond acceptors (Lipinski definition) is 3. The second-order valence-corrected chi connectivity index (χ2v) is 7.06. The molecule has 3 aromatic carbocycles. The summed E-state index contributed by atoms with van der Waals surface area (Å²) >= 11 is 0. The molecule has 0 aliphatic heterocycles. The Bertz CT molecular complexity index is 1220. The first-order chi connectivity index (χ1) is 15.6. The van der Waals surface area contributed by atoms with Gasteiger partial charge in [-0.25, -0.2) is 0 Å². The number of ether oxygens (including phenoxy) is 1. The van der Waals surface area contributed by atoms with Crippen LogP contribution < -0.4 is 10.1 Å². The summed E-state index contributed by atoms with van der Waals surface area (Å²) < 4.78 is 29.3. The van der Waals surface area contributed by atoms with Gasteiger partial charge in [0.25, 0.3) is 0 Å². The van der Waals surface area contributed by atoms with Gasteiger partial charge in [-0.3, -0.25) is 9.78 Å². The molecule has 1 amide bonds. The number of rotatable bonds is 7. The molecule has 4 rings (SSSR count). The molecule has 1 N–H and O–H groups in total. The second-order valence-electron chi connectivity index (χ2n) is 7.06. The van der Waals surface area contributed by atoms with Crippen molar-refractivity contribution in [3.63, 3.8) is 0 Å². The predicted octanol–water partition coefficient (Wildman–Crippen LogP) is 5.76. The van der Waals surface area contributed by atoms with Gasteiger partial charge >= 0.3 is 6.61 Å². The average molecular weight is 430 g/mol. The molecule has 6 heteroatoms. The summed E-state index contributed by atoms with van der Waals surface area (Å²) in [5.74, 6) is -0.232. The number of nitrogens with zero attached hydrogens (tertiary/aromatic N) is 1. The number of halogens is 2. The van der Waals surface area contributed by atoms with Crippen LogP contribution in [0.4, 0.5) is 8.78 Å². The van der Waals surface area contributed by atoms with Crippen LogP contribution in [0.1, 0.15) is 22.7 Å². The number of nitrogens with one attached hydrogen (secondary N) is 1. The summed E-state index contributed by atoms with van der Waals surface area (Å²) in [5.41, 5.74) is 3.26. The maximum absolute atomic E-state index is 12.8. The Kier molecular flexibility index (Phi) is 6.51. The third-order valence-corrected chi connectivity index (χ3v) is 4.94. The number of benzene rings is 3. The third-order valence-electron chi connectivity index (χ3n) is 4.94. The lowest BCUT2D eigenvalue weighted by Gasteiger charge is -2.19. The first-order valence-electron chi connectivity index (χ1n) is 10.0. The molecule has 0 bridgehead atoms. The number of carbonyl (C=O) groups is 1. The van der Waals surface area contributed by atoms with Crippen molar-refractivity contribution in [2.45, 2.75) is 12.7 Å². The second kappa shape index (κ2) is 9.83. The van der Waals surface area contributed by atoms with Gasteiger partial charge in [-0.2, -0.15) is 8.78 Å². The van der Waals surface area contributed by atoms with Gasteiger partial charge in [0, 0.05) is 23.2 Å². The Morgan fingerprint density at radius 3 is 2.34 bits per heavy atom. The highest BCUT2D eigenvalue weighted by atomic mass is 19.3. The summed E-state index contributed by atoms with van der Waals surface area (Å²) in [6, 6.07) is 24.8. The standard InChI is InChI=1S/C26H20F2N2O2/c27-26(28)32-22-14-11-21(12-15-22)25(19-6-2-1-3-7-19)30-23(31)16-13-20-9-4-8-18-10-5-17-29-24(18)20/h1-17,25-26H,(H,30,31)/b16-13+. The number of para-hydroxylation sites is 1. The number of amides is 1. The minimum Gasteiger partial charge on any atom is -0.435 e. The maximum atomic E-state index is 12.8. The molecule has 0 aliphatic carbocycles. The Labute approximate surface area is 184 Å². The van der Waals surface area contributed by atoms with Crippen LogP contribution in [0, 0.1) is 0 Å². The first-order valence-corrected chi connectivity index (χ1v) is 10.0. The summed E-state index contributed by atoms with van der Waals surface area (Å²) in [4.78, 5) is 17.2. The van der Waals surface area contributed by atoms with Gasteiger partial charge in [0.1, 0.15) is 5.75 Å². The smallest absolute Gasteiger partial charge is 0.387 e. The van der Waals surface area contributed by atoms with Crippen LogP contribution >= 0.6 is 0 Å². The van der Waals surface area contributed by atoms with E-state index in [9.17, 15) is 13.6 Å². The topological polar surface area (TPSA) is 51.2 Å². The van der Waals surface area contributed by atoms with Gasteiger partial charge in [-0.15, -0.1) is 0 Å². The average Bonchev–Trinajstić information content (AvgIpc) is 2.82. The number of carbonyl (C=O) groups excluding carboxylic acids is 1. The Morgan fingerprint density at radius 2 is 1.59 bits per heavy atom.